The third-order valence-corrected chi connectivity index (χ3v) is 4.55. The monoisotopic (exact) mass is 328 g/mol. The number of benzene rings is 1. The van der Waals surface area contributed by atoms with E-state index in [1.54, 1.807) is 0 Å². The fourth-order valence-electron chi connectivity index (χ4n) is 3.09. The lowest BCUT2D eigenvalue weighted by atomic mass is 9.80. The molecule has 1 aliphatic carbocycles. The second kappa shape index (κ2) is 7.84. The molecule has 0 spiro atoms. The van der Waals surface area contributed by atoms with E-state index in [2.05, 4.69) is 6.92 Å². The van der Waals surface area contributed by atoms with Crippen molar-refractivity contribution in [3.8, 4) is 5.75 Å². The zero-order valence-electron chi connectivity index (χ0n) is 13.4. The van der Waals surface area contributed by atoms with Crippen molar-refractivity contribution >= 4 is 5.97 Å². The van der Waals surface area contributed by atoms with Crippen LogP contribution in [0, 0.1) is 11.8 Å². The molecule has 0 bridgehead atoms. The van der Waals surface area contributed by atoms with Gasteiger partial charge in [0.15, 0.2) is 0 Å². The molecule has 1 aromatic carbocycles. The third-order valence-electron chi connectivity index (χ3n) is 4.55. The molecule has 0 amide bonds. The zero-order chi connectivity index (χ0) is 16.9. The molecule has 0 saturated heterocycles. The predicted octanol–water partition coefficient (Wildman–Crippen LogP) is 5.61. The molecule has 2 nitrogen and oxygen atoms in total. The molecule has 1 saturated carbocycles. The molecular weight excluding hydrogens is 305 g/mol. The van der Waals surface area contributed by atoms with Gasteiger partial charge in [0.1, 0.15) is 5.75 Å². The van der Waals surface area contributed by atoms with Crippen LogP contribution in [0.2, 0.25) is 0 Å². The molecule has 0 aliphatic heterocycles. The van der Waals surface area contributed by atoms with Crippen LogP contribution >= 0.6 is 0 Å². The van der Waals surface area contributed by atoms with Gasteiger partial charge < -0.3 is 4.74 Å². The van der Waals surface area contributed by atoms with E-state index < -0.39 is 11.7 Å². The Balaban J connectivity index is 1.83. The van der Waals surface area contributed by atoms with Crippen LogP contribution in [0.3, 0.4) is 0 Å². The summed E-state index contributed by atoms with van der Waals surface area (Å²) in [6.07, 6.45) is 2.96. The topological polar surface area (TPSA) is 26.3 Å². The van der Waals surface area contributed by atoms with Crippen molar-refractivity contribution in [1.82, 2.24) is 0 Å². The Kier molecular flexibility index (Phi) is 6.08. The van der Waals surface area contributed by atoms with Crippen LogP contribution in [0.25, 0.3) is 0 Å². The van der Waals surface area contributed by atoms with Crippen molar-refractivity contribution < 1.29 is 22.7 Å². The van der Waals surface area contributed by atoms with E-state index in [1.165, 1.54) is 31.4 Å². The second-order valence-electron chi connectivity index (χ2n) is 6.30. The van der Waals surface area contributed by atoms with E-state index in [1.807, 2.05) is 0 Å². The summed E-state index contributed by atoms with van der Waals surface area (Å²) in [4.78, 5) is 12.1. The van der Waals surface area contributed by atoms with Crippen molar-refractivity contribution in [3.05, 3.63) is 29.8 Å². The number of carbonyl (C=O) groups excluding carboxylic acids is 1. The van der Waals surface area contributed by atoms with Crippen LogP contribution in [0.1, 0.15) is 57.4 Å². The minimum atomic E-state index is -4.38. The van der Waals surface area contributed by atoms with Crippen molar-refractivity contribution in [1.29, 1.82) is 0 Å². The minimum absolute atomic E-state index is 0.129. The maximum absolute atomic E-state index is 12.5. The molecule has 0 aromatic heterocycles. The number of hydrogen-bond donors (Lipinski definition) is 0. The number of unbranched alkanes of at least 4 members (excludes halogenated alkanes) is 1. The van der Waals surface area contributed by atoms with Crippen LogP contribution in [-0.4, -0.2) is 5.97 Å². The second-order valence-corrected chi connectivity index (χ2v) is 6.30. The first kappa shape index (κ1) is 17.8. The maximum atomic E-state index is 12.5. The van der Waals surface area contributed by atoms with Gasteiger partial charge in [0.2, 0.25) is 0 Å². The summed E-state index contributed by atoms with van der Waals surface area (Å²) in [6, 6.07) is 4.27. The minimum Gasteiger partial charge on any atom is -0.426 e. The van der Waals surface area contributed by atoms with E-state index in [0.29, 0.717) is 5.92 Å². The molecule has 5 heteroatoms. The number of esters is 1. The van der Waals surface area contributed by atoms with Crippen LogP contribution in [0.4, 0.5) is 13.2 Å². The van der Waals surface area contributed by atoms with Gasteiger partial charge in [-0.3, -0.25) is 4.79 Å². The Labute approximate surface area is 135 Å². The van der Waals surface area contributed by atoms with E-state index in [0.717, 1.165) is 37.8 Å². The number of hydrogen-bond acceptors (Lipinski definition) is 2. The molecule has 23 heavy (non-hydrogen) atoms. The fourth-order valence-corrected chi connectivity index (χ4v) is 3.09. The SMILES string of the molecule is CCCCC1CCC(C(=O)Oc2ccc(C(F)(F)F)cc2)CC1. The number of ether oxygens (including phenoxy) is 1. The van der Waals surface area contributed by atoms with Gasteiger partial charge in [-0.25, -0.2) is 0 Å². The van der Waals surface area contributed by atoms with Gasteiger partial charge in [-0.1, -0.05) is 26.2 Å². The number of halogens is 3. The lowest BCUT2D eigenvalue weighted by Gasteiger charge is -2.27. The van der Waals surface area contributed by atoms with Gasteiger partial charge in [-0.2, -0.15) is 13.2 Å². The standard InChI is InChI=1S/C18H23F3O2/c1-2-3-4-13-5-7-14(8-6-13)17(22)23-16-11-9-15(10-12-16)18(19,20)21/h9-14H,2-8H2,1H3. The molecule has 2 rings (SSSR count). The highest BCUT2D eigenvalue weighted by Gasteiger charge is 2.31. The van der Waals surface area contributed by atoms with Crippen molar-refractivity contribution in [3.63, 3.8) is 0 Å². The van der Waals surface area contributed by atoms with Gasteiger partial charge in [0, 0.05) is 0 Å². The first-order valence-electron chi connectivity index (χ1n) is 8.29. The molecule has 0 atom stereocenters. The van der Waals surface area contributed by atoms with Gasteiger partial charge in [-0.05, 0) is 55.9 Å². The van der Waals surface area contributed by atoms with E-state index in [4.69, 9.17) is 4.74 Å². The summed E-state index contributed by atoms with van der Waals surface area (Å²) >= 11 is 0. The van der Waals surface area contributed by atoms with Crippen LogP contribution in [0.15, 0.2) is 24.3 Å². The zero-order valence-corrected chi connectivity index (χ0v) is 13.4. The molecule has 0 heterocycles. The first-order valence-corrected chi connectivity index (χ1v) is 8.29. The highest BCUT2D eigenvalue weighted by atomic mass is 19.4. The Morgan fingerprint density at radius 3 is 2.26 bits per heavy atom. The highest BCUT2D eigenvalue weighted by Crippen LogP contribution is 2.33. The lowest BCUT2D eigenvalue weighted by Crippen LogP contribution is -2.25. The molecule has 0 radical (unpaired) electrons. The summed E-state index contributed by atoms with van der Waals surface area (Å²) < 4.78 is 42.7. The molecule has 1 fully saturated rings. The van der Waals surface area contributed by atoms with Gasteiger partial charge in [0.05, 0.1) is 11.5 Å². The summed E-state index contributed by atoms with van der Waals surface area (Å²) in [7, 11) is 0. The summed E-state index contributed by atoms with van der Waals surface area (Å²) in [6.45, 7) is 2.17. The smallest absolute Gasteiger partial charge is 0.416 e. The fraction of sp³-hybridized carbons (Fsp3) is 0.611. The average molecular weight is 328 g/mol. The molecule has 1 aliphatic rings. The summed E-state index contributed by atoms with van der Waals surface area (Å²) in [5.41, 5.74) is -0.742. The Hall–Kier alpha value is -1.52. The van der Waals surface area contributed by atoms with Crippen LogP contribution < -0.4 is 4.74 Å². The van der Waals surface area contributed by atoms with Crippen molar-refractivity contribution in [2.45, 2.75) is 58.0 Å². The first-order chi connectivity index (χ1) is 10.9. The average Bonchev–Trinajstić information content (AvgIpc) is 2.53. The van der Waals surface area contributed by atoms with Crippen molar-refractivity contribution in [2.75, 3.05) is 0 Å². The number of rotatable bonds is 5. The quantitative estimate of drug-likeness (QED) is 0.519. The summed E-state index contributed by atoms with van der Waals surface area (Å²) in [5.74, 6) is 0.426. The Morgan fingerprint density at radius 1 is 1.13 bits per heavy atom. The molecular formula is C18H23F3O2. The van der Waals surface area contributed by atoms with E-state index in [9.17, 15) is 18.0 Å². The van der Waals surface area contributed by atoms with E-state index in [-0.39, 0.29) is 17.6 Å². The Bertz CT molecular complexity index is 500. The maximum Gasteiger partial charge on any atom is 0.416 e. The molecule has 1 aromatic rings. The van der Waals surface area contributed by atoms with Crippen LogP contribution in [0.5, 0.6) is 5.75 Å². The Morgan fingerprint density at radius 2 is 1.74 bits per heavy atom. The van der Waals surface area contributed by atoms with E-state index >= 15 is 0 Å². The van der Waals surface area contributed by atoms with Gasteiger partial charge >= 0.3 is 12.1 Å². The predicted molar refractivity (Wildman–Crippen MR) is 82.1 cm³/mol. The highest BCUT2D eigenvalue weighted by molar-refractivity contribution is 5.75. The molecule has 0 unspecified atom stereocenters. The molecule has 0 N–H and O–H groups in total. The van der Waals surface area contributed by atoms with Gasteiger partial charge in [-0.15, -0.1) is 0 Å². The van der Waals surface area contributed by atoms with Crippen molar-refractivity contribution in [2.24, 2.45) is 11.8 Å². The normalized spacial score (nSPS) is 21.9. The molecule has 128 valence electrons. The summed E-state index contributed by atoms with van der Waals surface area (Å²) in [5, 5.41) is 0. The lowest BCUT2D eigenvalue weighted by molar-refractivity contribution is -0.140. The number of carbonyl (C=O) groups is 1. The largest absolute Gasteiger partial charge is 0.426 e. The third kappa shape index (κ3) is 5.26. The number of alkyl halides is 3. The van der Waals surface area contributed by atoms with Crippen LogP contribution in [-0.2, 0) is 11.0 Å². The van der Waals surface area contributed by atoms with Gasteiger partial charge in [0.25, 0.3) is 0 Å².